The van der Waals surface area contributed by atoms with Gasteiger partial charge < -0.3 is 9.30 Å². The van der Waals surface area contributed by atoms with Crippen LogP contribution in [0, 0.1) is 28.6 Å². The number of benzene rings is 1. The first-order chi connectivity index (χ1) is 17.8. The van der Waals surface area contributed by atoms with Crippen molar-refractivity contribution in [3.63, 3.8) is 0 Å². The number of carbonyl (C=O) groups excluding carboxylic acids is 2. The molecule has 194 valence electrons. The minimum atomic E-state index is -0.422. The molecule has 1 heterocycles. The summed E-state index contributed by atoms with van der Waals surface area (Å²) in [5.41, 5.74) is 3.74. The van der Waals surface area contributed by atoms with Crippen LogP contribution in [-0.4, -0.2) is 27.7 Å². The van der Waals surface area contributed by atoms with Crippen molar-refractivity contribution in [2.24, 2.45) is 28.6 Å². The number of aromatic nitrogens is 2. The van der Waals surface area contributed by atoms with E-state index in [1.54, 1.807) is 6.20 Å². The van der Waals surface area contributed by atoms with Crippen LogP contribution in [0.2, 0.25) is 0 Å². The quantitative estimate of drug-likeness (QED) is 0.339. The Labute approximate surface area is 220 Å². The van der Waals surface area contributed by atoms with Crippen molar-refractivity contribution in [3.05, 3.63) is 65.8 Å². The average molecular weight is 499 g/mol. The first kappa shape index (κ1) is 24.4. The summed E-state index contributed by atoms with van der Waals surface area (Å²) in [7, 11) is 0. The van der Waals surface area contributed by atoms with Crippen molar-refractivity contribution in [2.45, 2.75) is 71.8 Å². The highest BCUT2D eigenvalue weighted by Gasteiger charge is 2.59. The third-order valence-corrected chi connectivity index (χ3v) is 10.1. The Morgan fingerprint density at radius 2 is 2.08 bits per heavy atom. The molecule has 6 rings (SSSR count). The monoisotopic (exact) mass is 498 g/mol. The molecule has 0 radical (unpaired) electrons. The molecule has 0 bridgehead atoms. The summed E-state index contributed by atoms with van der Waals surface area (Å²) in [4.78, 5) is 29.4. The maximum atomic E-state index is 13.2. The van der Waals surface area contributed by atoms with Gasteiger partial charge in [0.15, 0.2) is 11.6 Å². The molecule has 5 heteroatoms. The van der Waals surface area contributed by atoms with Crippen LogP contribution in [0.3, 0.4) is 0 Å². The second-order valence-electron chi connectivity index (χ2n) is 12.3. The maximum Gasteiger partial charge on any atom is 0.163 e. The summed E-state index contributed by atoms with van der Waals surface area (Å²) in [5.74, 6) is 2.66. The first-order valence-corrected chi connectivity index (χ1v) is 14.0. The molecule has 2 aromatic rings. The van der Waals surface area contributed by atoms with Crippen molar-refractivity contribution in [1.82, 2.24) is 9.55 Å². The van der Waals surface area contributed by atoms with Gasteiger partial charge in [0.25, 0.3) is 0 Å². The summed E-state index contributed by atoms with van der Waals surface area (Å²) in [5, 5.41) is 0. The molecule has 0 saturated heterocycles. The first-order valence-electron chi connectivity index (χ1n) is 14.0. The number of hydrogen-bond acceptors (Lipinski definition) is 4. The van der Waals surface area contributed by atoms with Crippen LogP contribution in [0.15, 0.2) is 60.2 Å². The molecular weight excluding hydrogens is 460 g/mol. The van der Waals surface area contributed by atoms with Crippen molar-refractivity contribution >= 4 is 17.6 Å². The Bertz CT molecular complexity index is 1260. The van der Waals surface area contributed by atoms with Crippen LogP contribution in [0.25, 0.3) is 6.08 Å². The fourth-order valence-electron chi connectivity index (χ4n) is 8.20. The van der Waals surface area contributed by atoms with E-state index >= 15 is 0 Å². The van der Waals surface area contributed by atoms with Crippen LogP contribution in [-0.2, 0) is 16.1 Å². The lowest BCUT2D eigenvalue weighted by molar-refractivity contribution is -0.139. The second-order valence-corrected chi connectivity index (χ2v) is 12.3. The van der Waals surface area contributed by atoms with Gasteiger partial charge in [0, 0.05) is 18.9 Å². The zero-order valence-corrected chi connectivity index (χ0v) is 22.1. The molecule has 5 nitrogen and oxygen atoms in total. The van der Waals surface area contributed by atoms with Gasteiger partial charge in [-0.3, -0.25) is 9.59 Å². The number of imidazole rings is 1. The van der Waals surface area contributed by atoms with E-state index in [4.69, 9.17) is 4.74 Å². The molecule has 37 heavy (non-hydrogen) atoms. The highest BCUT2D eigenvalue weighted by atomic mass is 16.5. The van der Waals surface area contributed by atoms with Gasteiger partial charge in [0.05, 0.1) is 24.8 Å². The number of allylic oxidation sites excluding steroid dienone is 2. The second kappa shape index (κ2) is 9.41. The highest BCUT2D eigenvalue weighted by molar-refractivity contribution is 6.11. The van der Waals surface area contributed by atoms with Gasteiger partial charge in [-0.2, -0.15) is 0 Å². The lowest BCUT2D eigenvalue weighted by Gasteiger charge is -2.56. The van der Waals surface area contributed by atoms with Gasteiger partial charge in [-0.05, 0) is 98.8 Å². The Balaban J connectivity index is 1.15. The predicted molar refractivity (Wildman–Crippen MR) is 144 cm³/mol. The zero-order valence-electron chi connectivity index (χ0n) is 22.1. The number of fused-ring (bicyclic) bond motifs is 5. The van der Waals surface area contributed by atoms with Gasteiger partial charge in [-0.1, -0.05) is 36.3 Å². The molecule has 4 aliphatic rings. The lowest BCUT2D eigenvalue weighted by Crippen LogP contribution is -2.52. The number of hydrogen-bond donors (Lipinski definition) is 0. The van der Waals surface area contributed by atoms with Crippen molar-refractivity contribution < 1.29 is 14.3 Å². The summed E-state index contributed by atoms with van der Waals surface area (Å²) < 4.78 is 8.12. The van der Waals surface area contributed by atoms with E-state index in [1.165, 1.54) is 17.6 Å². The van der Waals surface area contributed by atoms with E-state index in [-0.39, 0.29) is 18.0 Å². The minimum Gasteiger partial charge on any atom is -0.494 e. The van der Waals surface area contributed by atoms with E-state index in [0.717, 1.165) is 56.4 Å². The van der Waals surface area contributed by atoms with Crippen LogP contribution in [0.5, 0.6) is 5.75 Å². The third kappa shape index (κ3) is 4.41. The van der Waals surface area contributed by atoms with Crippen molar-refractivity contribution in [2.75, 3.05) is 6.61 Å². The number of nitrogens with zero attached hydrogens (tertiary/aromatic N) is 2. The topological polar surface area (TPSA) is 61.2 Å². The normalized spacial score (nSPS) is 34.1. The molecule has 1 aromatic carbocycles. The molecule has 4 aliphatic carbocycles. The fourth-order valence-corrected chi connectivity index (χ4v) is 8.20. The SMILES string of the molecule is C[C@]12CC[C@H]3[C@@H](CCC4=CC(=O)CC(=O)[C@@]43C)[C@@H]1C/C(=C\c1cccc(OCCCn3ccnc3)c1)C2. The largest absolute Gasteiger partial charge is 0.494 e. The molecule has 0 unspecified atom stereocenters. The summed E-state index contributed by atoms with van der Waals surface area (Å²) in [6.45, 7) is 6.22. The molecule has 3 fully saturated rings. The lowest BCUT2D eigenvalue weighted by atomic mass is 9.47. The summed E-state index contributed by atoms with van der Waals surface area (Å²) >= 11 is 0. The van der Waals surface area contributed by atoms with Gasteiger partial charge in [-0.25, -0.2) is 4.98 Å². The molecule has 0 amide bonds. The minimum absolute atomic E-state index is 0.00654. The van der Waals surface area contributed by atoms with E-state index in [1.807, 2.05) is 24.7 Å². The zero-order chi connectivity index (χ0) is 25.6. The molecule has 0 N–H and O–H groups in total. The number of ketones is 2. The van der Waals surface area contributed by atoms with E-state index in [9.17, 15) is 9.59 Å². The molecule has 5 atom stereocenters. The highest BCUT2D eigenvalue weighted by Crippen LogP contribution is 2.65. The standard InChI is InChI=1S/C32H38N2O3/c1-31-10-9-28-27(8-7-24-18-25(35)19-30(36)32(24,28)2)29(31)17-23(20-31)15-22-5-3-6-26(16-22)37-14-4-12-34-13-11-33-21-34/h3,5-6,11,13,15-16,18,21,27-29H,4,7-10,12,14,17,19-20H2,1-2H3/b23-15+/t27-,28+,29+,31-,32+/m1/s1. The summed E-state index contributed by atoms with van der Waals surface area (Å²) in [6, 6.07) is 8.46. The Kier molecular flexibility index (Phi) is 6.21. The van der Waals surface area contributed by atoms with E-state index in [0.29, 0.717) is 29.8 Å². The molecule has 1 aromatic heterocycles. The summed E-state index contributed by atoms with van der Waals surface area (Å²) in [6.07, 6.45) is 17.4. The smallest absolute Gasteiger partial charge is 0.163 e. The van der Waals surface area contributed by atoms with Gasteiger partial charge in [0.1, 0.15) is 5.75 Å². The maximum absolute atomic E-state index is 13.2. The van der Waals surface area contributed by atoms with Gasteiger partial charge in [-0.15, -0.1) is 0 Å². The van der Waals surface area contributed by atoms with E-state index < -0.39 is 5.41 Å². The molecule has 0 spiro atoms. The van der Waals surface area contributed by atoms with Crippen LogP contribution in [0.1, 0.15) is 70.8 Å². The van der Waals surface area contributed by atoms with Crippen LogP contribution in [0.4, 0.5) is 0 Å². The van der Waals surface area contributed by atoms with Gasteiger partial charge >= 0.3 is 0 Å². The van der Waals surface area contributed by atoms with Crippen molar-refractivity contribution in [1.29, 1.82) is 0 Å². The predicted octanol–water partition coefficient (Wildman–Crippen LogP) is 6.45. The number of ether oxygens (including phenoxy) is 1. The average Bonchev–Trinajstić information content (AvgIpc) is 3.50. The molecular formula is C32H38N2O3. The number of Topliss-reactive ketones (excluding diaryl/α,β-unsaturated/α-hetero) is 1. The van der Waals surface area contributed by atoms with Crippen LogP contribution >= 0.6 is 0 Å². The van der Waals surface area contributed by atoms with Gasteiger partial charge in [0.2, 0.25) is 0 Å². The Morgan fingerprint density at radius 3 is 2.92 bits per heavy atom. The molecule has 3 saturated carbocycles. The number of carbonyl (C=O) groups is 2. The third-order valence-electron chi connectivity index (χ3n) is 10.1. The van der Waals surface area contributed by atoms with E-state index in [2.05, 4.69) is 47.7 Å². The van der Waals surface area contributed by atoms with Crippen LogP contribution < -0.4 is 4.74 Å². The molecule has 0 aliphatic heterocycles. The fraction of sp³-hybridized carbons (Fsp3) is 0.531. The Morgan fingerprint density at radius 1 is 1.19 bits per heavy atom. The number of rotatable bonds is 6. The number of aryl methyl sites for hydroxylation is 1. The Hall–Kier alpha value is -2.95. The van der Waals surface area contributed by atoms with Crippen molar-refractivity contribution in [3.8, 4) is 5.75 Å².